The molecule has 44 heavy (non-hydrogen) atoms. The van der Waals surface area contributed by atoms with Gasteiger partial charge in [0.2, 0.25) is 10.0 Å². The van der Waals surface area contributed by atoms with E-state index in [-0.39, 0.29) is 22.6 Å². The number of aliphatic hydroxyl groups excluding tert-OH is 1. The van der Waals surface area contributed by atoms with Crippen LogP contribution in [-0.4, -0.2) is 104 Å². The molecule has 2 aromatic carbocycles. The number of fused-ring (bicyclic) bond motifs is 2. The van der Waals surface area contributed by atoms with E-state index in [1.54, 1.807) is 29.2 Å². The minimum absolute atomic E-state index is 0.0233. The first-order chi connectivity index (χ1) is 21.2. The summed E-state index contributed by atoms with van der Waals surface area (Å²) in [6.07, 6.45) is 3.13. The second-order valence-electron chi connectivity index (χ2n) is 11.6. The zero-order valence-electron chi connectivity index (χ0n) is 24.9. The summed E-state index contributed by atoms with van der Waals surface area (Å²) < 4.78 is 33.9. The maximum atomic E-state index is 14.6. The molecule has 6 rings (SSSR count). The average Bonchev–Trinajstić information content (AvgIpc) is 3.43. The minimum Gasteiger partial charge on any atom is -0.507 e. The van der Waals surface area contributed by atoms with Gasteiger partial charge in [-0.15, -0.1) is 0 Å². The van der Waals surface area contributed by atoms with Gasteiger partial charge in [-0.05, 0) is 37.5 Å². The van der Waals surface area contributed by atoms with Crippen LogP contribution in [0.1, 0.15) is 43.7 Å². The van der Waals surface area contributed by atoms with Gasteiger partial charge in [0.15, 0.2) is 5.54 Å². The topological polar surface area (TPSA) is 128 Å². The Kier molecular flexibility index (Phi) is 8.35. The Morgan fingerprint density at radius 1 is 0.909 bits per heavy atom. The van der Waals surface area contributed by atoms with Gasteiger partial charge in [-0.3, -0.25) is 19.3 Å². The van der Waals surface area contributed by atoms with Crippen LogP contribution in [0.2, 0.25) is 0 Å². The second-order valence-corrected chi connectivity index (χ2v) is 13.6. The van der Waals surface area contributed by atoms with Crippen LogP contribution in [0, 0.1) is 0 Å². The summed E-state index contributed by atoms with van der Waals surface area (Å²) in [5.41, 5.74) is -1.16. The van der Waals surface area contributed by atoms with Crippen molar-refractivity contribution >= 4 is 39.1 Å². The SMILES string of the molecule is CCCN1C(=O)C2(/C(=C(/O)c3cccc(S(=O)(=O)N4CCCCC4)c3)C(=O)C(=O)N2CCN2CCOCC2)c2ccccc21. The third-order valence-electron chi connectivity index (χ3n) is 9.06. The molecule has 0 radical (unpaired) electrons. The molecule has 2 amide bonds. The Balaban J connectivity index is 1.50. The van der Waals surface area contributed by atoms with Crippen molar-refractivity contribution in [2.75, 3.05) is 63.9 Å². The molecule has 0 aromatic heterocycles. The first-order valence-electron chi connectivity index (χ1n) is 15.3. The average molecular weight is 623 g/mol. The molecule has 0 bridgehead atoms. The van der Waals surface area contributed by atoms with Crippen LogP contribution in [0.5, 0.6) is 0 Å². The van der Waals surface area contributed by atoms with Crippen molar-refractivity contribution < 1.29 is 32.6 Å². The van der Waals surface area contributed by atoms with E-state index in [0.29, 0.717) is 70.2 Å². The summed E-state index contributed by atoms with van der Waals surface area (Å²) in [5.74, 6) is -2.91. The van der Waals surface area contributed by atoms with Crippen LogP contribution in [-0.2, 0) is 34.7 Å². The lowest BCUT2D eigenvalue weighted by Crippen LogP contribution is -2.54. The number of carbonyl (C=O) groups is 3. The van der Waals surface area contributed by atoms with Crippen molar-refractivity contribution in [3.05, 3.63) is 65.2 Å². The van der Waals surface area contributed by atoms with E-state index < -0.39 is 38.9 Å². The van der Waals surface area contributed by atoms with Crippen molar-refractivity contribution in [3.8, 4) is 0 Å². The number of Topliss-reactive ketones (excluding diaryl/α,β-unsaturated/α-hetero) is 1. The Morgan fingerprint density at radius 3 is 2.36 bits per heavy atom. The third kappa shape index (κ3) is 4.84. The Bertz CT molecular complexity index is 1610. The molecular weight excluding hydrogens is 584 g/mol. The molecule has 3 fully saturated rings. The largest absolute Gasteiger partial charge is 0.507 e. The van der Waals surface area contributed by atoms with Crippen molar-refractivity contribution in [2.45, 2.75) is 43.0 Å². The standard InChI is InChI=1S/C32H38N4O7S/c1-2-13-35-26-12-5-4-11-25(26)32(31(35)40)27(29(38)30(39)36(32)17-16-33-18-20-43-21-19-33)28(37)23-9-8-10-24(22-23)44(41,42)34-14-6-3-7-15-34/h4-5,8-12,22,37H,2-3,6-7,13-21H2,1H3/b28-27+. The van der Waals surface area contributed by atoms with Crippen LogP contribution in [0.4, 0.5) is 5.69 Å². The van der Waals surface area contributed by atoms with Gasteiger partial charge in [0.25, 0.3) is 17.6 Å². The maximum absolute atomic E-state index is 14.6. The highest BCUT2D eigenvalue weighted by atomic mass is 32.2. The molecule has 0 saturated carbocycles. The summed E-state index contributed by atoms with van der Waals surface area (Å²) in [5, 5.41) is 11.9. The number of rotatable bonds is 8. The molecule has 3 saturated heterocycles. The molecule has 1 spiro atoms. The molecule has 4 aliphatic heterocycles. The predicted molar refractivity (Wildman–Crippen MR) is 163 cm³/mol. The first-order valence-corrected chi connectivity index (χ1v) is 16.8. The lowest BCUT2D eigenvalue weighted by atomic mass is 9.82. The third-order valence-corrected chi connectivity index (χ3v) is 11.0. The number of benzene rings is 2. The smallest absolute Gasteiger partial charge is 0.296 e. The minimum atomic E-state index is -3.85. The number of hydrogen-bond donors (Lipinski definition) is 1. The highest BCUT2D eigenvalue weighted by molar-refractivity contribution is 7.89. The van der Waals surface area contributed by atoms with Gasteiger partial charge in [-0.25, -0.2) is 8.42 Å². The lowest BCUT2D eigenvalue weighted by Gasteiger charge is -2.36. The quantitative estimate of drug-likeness (QED) is 0.270. The second kappa shape index (κ2) is 12.1. The molecular formula is C32H38N4O7S. The zero-order chi connectivity index (χ0) is 31.1. The van der Waals surface area contributed by atoms with E-state index >= 15 is 0 Å². The van der Waals surface area contributed by atoms with Gasteiger partial charge in [-0.2, -0.15) is 4.31 Å². The van der Waals surface area contributed by atoms with E-state index in [4.69, 9.17) is 4.74 Å². The number of amides is 2. The fourth-order valence-electron chi connectivity index (χ4n) is 6.88. The summed E-state index contributed by atoms with van der Waals surface area (Å²) in [6.45, 7) is 6.00. The fourth-order valence-corrected chi connectivity index (χ4v) is 8.44. The molecule has 4 heterocycles. The lowest BCUT2D eigenvalue weighted by molar-refractivity contribution is -0.144. The van der Waals surface area contributed by atoms with E-state index in [2.05, 4.69) is 4.90 Å². The summed E-state index contributed by atoms with van der Waals surface area (Å²) in [4.78, 5) is 47.4. The van der Waals surface area contributed by atoms with Gasteiger partial charge in [0.1, 0.15) is 5.76 Å². The van der Waals surface area contributed by atoms with E-state index in [1.807, 2.05) is 6.92 Å². The number of ketones is 1. The van der Waals surface area contributed by atoms with Crippen molar-refractivity contribution in [1.29, 1.82) is 0 Å². The molecule has 1 atom stereocenters. The molecule has 1 unspecified atom stereocenters. The molecule has 4 aliphatic rings. The van der Waals surface area contributed by atoms with Crippen LogP contribution in [0.3, 0.4) is 0 Å². The number of sulfonamides is 1. The van der Waals surface area contributed by atoms with Gasteiger partial charge < -0.3 is 19.6 Å². The Morgan fingerprint density at radius 2 is 1.64 bits per heavy atom. The number of ether oxygens (including phenoxy) is 1. The van der Waals surface area contributed by atoms with Crippen molar-refractivity contribution in [2.24, 2.45) is 0 Å². The van der Waals surface area contributed by atoms with Crippen LogP contribution < -0.4 is 4.90 Å². The monoisotopic (exact) mass is 622 g/mol. The number of likely N-dealkylation sites (tertiary alicyclic amines) is 1. The molecule has 2 aromatic rings. The summed E-state index contributed by atoms with van der Waals surface area (Å²) in [6, 6.07) is 12.8. The Labute approximate surface area is 257 Å². The maximum Gasteiger partial charge on any atom is 0.296 e. The number of hydrogen-bond acceptors (Lipinski definition) is 8. The number of para-hydroxylation sites is 1. The van der Waals surface area contributed by atoms with E-state index in [9.17, 15) is 27.9 Å². The molecule has 1 N–H and O–H groups in total. The van der Waals surface area contributed by atoms with Crippen LogP contribution >= 0.6 is 0 Å². The molecule has 11 nitrogen and oxygen atoms in total. The normalized spacial score (nSPS) is 24.4. The first kappa shape index (κ1) is 30.4. The molecule has 0 aliphatic carbocycles. The van der Waals surface area contributed by atoms with Crippen LogP contribution in [0.15, 0.2) is 59.0 Å². The fraction of sp³-hybridized carbons (Fsp3) is 0.469. The van der Waals surface area contributed by atoms with E-state index in [0.717, 1.165) is 19.3 Å². The Hall–Kier alpha value is -3.58. The van der Waals surface area contributed by atoms with Crippen LogP contribution in [0.25, 0.3) is 5.76 Å². The van der Waals surface area contributed by atoms with Gasteiger partial charge >= 0.3 is 0 Å². The number of piperidine rings is 1. The van der Waals surface area contributed by atoms with E-state index in [1.165, 1.54) is 33.5 Å². The highest BCUT2D eigenvalue weighted by Gasteiger charge is 2.67. The number of carbonyl (C=O) groups excluding carboxylic acids is 3. The van der Waals surface area contributed by atoms with Gasteiger partial charge in [0.05, 0.1) is 29.4 Å². The number of aliphatic hydroxyl groups is 1. The molecule has 234 valence electrons. The number of morpholine rings is 1. The van der Waals surface area contributed by atoms with Crippen molar-refractivity contribution in [3.63, 3.8) is 0 Å². The molecule has 12 heteroatoms. The predicted octanol–water partition coefficient (Wildman–Crippen LogP) is 2.53. The summed E-state index contributed by atoms with van der Waals surface area (Å²) >= 11 is 0. The zero-order valence-corrected chi connectivity index (χ0v) is 25.7. The summed E-state index contributed by atoms with van der Waals surface area (Å²) in [7, 11) is -3.85. The number of nitrogens with zero attached hydrogens (tertiary/aromatic N) is 4. The number of anilines is 1. The highest BCUT2D eigenvalue weighted by Crippen LogP contribution is 2.53. The van der Waals surface area contributed by atoms with Crippen molar-refractivity contribution in [1.82, 2.24) is 14.1 Å². The van der Waals surface area contributed by atoms with Gasteiger partial charge in [-0.1, -0.05) is 43.7 Å². The van der Waals surface area contributed by atoms with Gasteiger partial charge in [0, 0.05) is 56.9 Å².